The molecule has 3 rings (SSSR count). The second-order valence-electron chi connectivity index (χ2n) is 5.95. The van der Waals surface area contributed by atoms with Gasteiger partial charge in [0.05, 0.1) is 6.04 Å². The third kappa shape index (κ3) is 3.64. The Morgan fingerprint density at radius 1 is 1.22 bits per heavy atom. The molecule has 1 aliphatic carbocycles. The maximum Gasteiger partial charge on any atom is 0.271 e. The second-order valence-corrected chi connectivity index (χ2v) is 5.95. The zero-order chi connectivity index (χ0) is 16.2. The first-order valence-corrected chi connectivity index (χ1v) is 7.97. The number of phenols is 2. The Morgan fingerprint density at radius 3 is 2.74 bits per heavy atom. The van der Waals surface area contributed by atoms with Gasteiger partial charge in [-0.1, -0.05) is 18.9 Å². The monoisotopic (exact) mass is 315 g/mol. The number of nitrogens with one attached hydrogen (secondary N) is 1. The molecule has 2 aromatic rings. The van der Waals surface area contributed by atoms with Crippen LogP contribution in [-0.4, -0.2) is 32.4 Å². The van der Waals surface area contributed by atoms with Crippen LogP contribution in [0.15, 0.2) is 30.5 Å². The third-order valence-electron chi connectivity index (χ3n) is 4.28. The van der Waals surface area contributed by atoms with Crippen LogP contribution in [0, 0.1) is 0 Å². The van der Waals surface area contributed by atoms with Crippen LogP contribution in [0.25, 0.3) is 0 Å². The molecule has 3 N–H and O–H groups in total. The molecule has 0 spiro atoms. The molecule has 6 heteroatoms. The van der Waals surface area contributed by atoms with E-state index in [2.05, 4.69) is 10.4 Å². The van der Waals surface area contributed by atoms with E-state index in [1.165, 1.54) is 25.0 Å². The average Bonchev–Trinajstić information content (AvgIpc) is 3.20. The van der Waals surface area contributed by atoms with Crippen molar-refractivity contribution in [2.75, 3.05) is 6.54 Å². The van der Waals surface area contributed by atoms with E-state index in [-0.39, 0.29) is 17.4 Å². The molecule has 0 unspecified atom stereocenters. The fraction of sp³-hybridized carbons (Fsp3) is 0.412. The van der Waals surface area contributed by atoms with Crippen LogP contribution in [0.2, 0.25) is 0 Å². The van der Waals surface area contributed by atoms with E-state index in [1.54, 1.807) is 12.1 Å². The summed E-state index contributed by atoms with van der Waals surface area (Å²) in [5.74, 6) is -0.482. The third-order valence-corrected chi connectivity index (χ3v) is 4.28. The molecular weight excluding hydrogens is 294 g/mol. The van der Waals surface area contributed by atoms with Crippen LogP contribution in [0.1, 0.15) is 47.8 Å². The predicted molar refractivity (Wildman–Crippen MR) is 85.5 cm³/mol. The highest BCUT2D eigenvalue weighted by Crippen LogP contribution is 2.28. The number of hydrogen-bond acceptors (Lipinski definition) is 4. The number of phenolic OH excluding ortho intramolecular Hbond substituents is 2. The zero-order valence-corrected chi connectivity index (χ0v) is 12.9. The van der Waals surface area contributed by atoms with Crippen LogP contribution in [0.5, 0.6) is 11.5 Å². The summed E-state index contributed by atoms with van der Waals surface area (Å²) in [6, 6.07) is 6.83. The maximum atomic E-state index is 12.1. The van der Waals surface area contributed by atoms with Gasteiger partial charge in [-0.2, -0.15) is 5.10 Å². The van der Waals surface area contributed by atoms with Gasteiger partial charge in [0.25, 0.3) is 5.91 Å². The normalized spacial score (nSPS) is 15.0. The maximum absolute atomic E-state index is 12.1. The second kappa shape index (κ2) is 6.73. The highest BCUT2D eigenvalue weighted by molar-refractivity contribution is 5.92. The summed E-state index contributed by atoms with van der Waals surface area (Å²) < 4.78 is 1.90. The van der Waals surface area contributed by atoms with E-state index >= 15 is 0 Å². The molecule has 0 saturated heterocycles. The van der Waals surface area contributed by atoms with E-state index in [9.17, 15) is 15.0 Å². The molecule has 122 valence electrons. The summed E-state index contributed by atoms with van der Waals surface area (Å²) in [6.45, 7) is 0.444. The summed E-state index contributed by atoms with van der Waals surface area (Å²) in [4.78, 5) is 12.1. The first-order valence-electron chi connectivity index (χ1n) is 7.97. The number of nitrogens with zero attached hydrogens (tertiary/aromatic N) is 2. The summed E-state index contributed by atoms with van der Waals surface area (Å²) in [5, 5.41) is 25.9. The van der Waals surface area contributed by atoms with Crippen LogP contribution in [-0.2, 0) is 6.42 Å². The molecule has 1 heterocycles. The van der Waals surface area contributed by atoms with Crippen molar-refractivity contribution in [1.29, 1.82) is 0 Å². The summed E-state index contributed by atoms with van der Waals surface area (Å²) >= 11 is 0. The summed E-state index contributed by atoms with van der Waals surface area (Å²) in [6.07, 6.45) is 7.17. The van der Waals surface area contributed by atoms with Gasteiger partial charge < -0.3 is 15.5 Å². The van der Waals surface area contributed by atoms with Gasteiger partial charge in [-0.3, -0.25) is 9.48 Å². The van der Waals surface area contributed by atoms with Gasteiger partial charge >= 0.3 is 0 Å². The van der Waals surface area contributed by atoms with Crippen LogP contribution in [0.4, 0.5) is 0 Å². The van der Waals surface area contributed by atoms with Crippen LogP contribution < -0.4 is 5.32 Å². The molecular formula is C17H21N3O3. The first-order chi connectivity index (χ1) is 11.1. The topological polar surface area (TPSA) is 87.4 Å². The standard InChI is InChI=1S/C17H21N3O3/c21-15-6-5-12(11-16(15)22)7-9-18-17(23)14-8-10-20(19-14)13-3-1-2-4-13/h5-6,8,10-11,13,21-22H,1-4,7,9H2,(H,18,23). The van der Waals surface area contributed by atoms with E-state index in [4.69, 9.17) is 0 Å². The Bertz CT molecular complexity index is 690. The quantitative estimate of drug-likeness (QED) is 0.739. The van der Waals surface area contributed by atoms with Crippen molar-refractivity contribution in [3.63, 3.8) is 0 Å². The molecule has 1 aliphatic rings. The number of hydrogen-bond donors (Lipinski definition) is 3. The van der Waals surface area contributed by atoms with Crippen molar-refractivity contribution in [1.82, 2.24) is 15.1 Å². The van der Waals surface area contributed by atoms with Crippen molar-refractivity contribution in [3.05, 3.63) is 41.7 Å². The minimum Gasteiger partial charge on any atom is -0.504 e. The molecule has 0 bridgehead atoms. The van der Waals surface area contributed by atoms with Gasteiger partial charge in [0.2, 0.25) is 0 Å². The van der Waals surface area contributed by atoms with Crippen LogP contribution >= 0.6 is 0 Å². The van der Waals surface area contributed by atoms with E-state index < -0.39 is 0 Å². The van der Waals surface area contributed by atoms with Crippen molar-refractivity contribution < 1.29 is 15.0 Å². The lowest BCUT2D eigenvalue weighted by molar-refractivity contribution is 0.0948. The molecule has 0 radical (unpaired) electrons. The van der Waals surface area contributed by atoms with Gasteiger partial charge in [0.1, 0.15) is 5.69 Å². The Labute approximate surface area is 134 Å². The lowest BCUT2D eigenvalue weighted by Crippen LogP contribution is -2.26. The molecule has 0 atom stereocenters. The minimum atomic E-state index is -0.190. The van der Waals surface area contributed by atoms with E-state index in [0.717, 1.165) is 18.4 Å². The molecule has 6 nitrogen and oxygen atoms in total. The summed E-state index contributed by atoms with van der Waals surface area (Å²) in [5.41, 5.74) is 1.28. The molecule has 1 saturated carbocycles. The lowest BCUT2D eigenvalue weighted by atomic mass is 10.1. The Hall–Kier alpha value is -2.50. The van der Waals surface area contributed by atoms with Gasteiger partial charge in [-0.25, -0.2) is 0 Å². The van der Waals surface area contributed by atoms with Crippen molar-refractivity contribution >= 4 is 5.91 Å². The molecule has 0 aliphatic heterocycles. The Kier molecular flexibility index (Phi) is 4.50. The fourth-order valence-electron chi connectivity index (χ4n) is 2.97. The van der Waals surface area contributed by atoms with E-state index in [0.29, 0.717) is 24.7 Å². The minimum absolute atomic E-state index is 0.143. The number of aromatic nitrogens is 2. The number of rotatable bonds is 5. The van der Waals surface area contributed by atoms with Crippen molar-refractivity contribution in [2.45, 2.75) is 38.1 Å². The smallest absolute Gasteiger partial charge is 0.271 e. The van der Waals surface area contributed by atoms with Crippen molar-refractivity contribution in [3.8, 4) is 11.5 Å². The number of amides is 1. The van der Waals surface area contributed by atoms with Gasteiger partial charge in [-0.15, -0.1) is 0 Å². The van der Waals surface area contributed by atoms with Gasteiger partial charge in [-0.05, 0) is 43.0 Å². The molecule has 1 aromatic heterocycles. The Morgan fingerprint density at radius 2 is 2.00 bits per heavy atom. The number of carbonyl (C=O) groups excluding carboxylic acids is 1. The summed E-state index contributed by atoms with van der Waals surface area (Å²) in [7, 11) is 0. The first kappa shape index (κ1) is 15.4. The molecule has 23 heavy (non-hydrogen) atoms. The van der Waals surface area contributed by atoms with Crippen molar-refractivity contribution in [2.24, 2.45) is 0 Å². The fourth-order valence-corrected chi connectivity index (χ4v) is 2.97. The largest absolute Gasteiger partial charge is 0.504 e. The van der Waals surface area contributed by atoms with Gasteiger partial charge in [0, 0.05) is 12.7 Å². The SMILES string of the molecule is O=C(NCCc1ccc(O)c(O)c1)c1ccn(C2CCCC2)n1. The van der Waals surface area contributed by atoms with Gasteiger partial charge in [0.15, 0.2) is 11.5 Å². The number of aromatic hydroxyl groups is 2. The molecule has 1 fully saturated rings. The zero-order valence-electron chi connectivity index (χ0n) is 12.9. The Balaban J connectivity index is 1.52. The lowest BCUT2D eigenvalue weighted by Gasteiger charge is -2.09. The van der Waals surface area contributed by atoms with E-state index in [1.807, 2.05) is 10.9 Å². The molecule has 1 aromatic carbocycles. The number of carbonyl (C=O) groups is 1. The number of benzene rings is 1. The highest BCUT2D eigenvalue weighted by Gasteiger charge is 2.19. The average molecular weight is 315 g/mol. The predicted octanol–water partition coefficient (Wildman–Crippen LogP) is 2.38. The van der Waals surface area contributed by atoms with Crippen LogP contribution in [0.3, 0.4) is 0 Å². The molecule has 1 amide bonds. The highest BCUT2D eigenvalue weighted by atomic mass is 16.3.